The molecule has 0 aliphatic carbocycles. The number of carbonyl (C=O) groups is 1. The van der Waals surface area contributed by atoms with Gasteiger partial charge in [-0.3, -0.25) is 9.36 Å². The average Bonchev–Trinajstić information content (AvgIpc) is 3.30. The molecule has 4 aromatic rings. The molecule has 0 aliphatic rings. The molecule has 0 bridgehead atoms. The van der Waals surface area contributed by atoms with Crippen LogP contribution in [0, 0.1) is 5.92 Å². The first-order valence-corrected chi connectivity index (χ1v) is 9.77. The molecule has 2 aromatic heterocycles. The molecule has 0 aliphatic heterocycles. The summed E-state index contributed by atoms with van der Waals surface area (Å²) in [6, 6.07) is 7.26. The first-order valence-electron chi connectivity index (χ1n) is 9.77. The monoisotopic (exact) mass is 430 g/mol. The van der Waals surface area contributed by atoms with E-state index in [0.29, 0.717) is 39.5 Å². The first-order chi connectivity index (χ1) is 14.7. The summed E-state index contributed by atoms with van der Waals surface area (Å²) in [5, 5.41) is 9.80. The molecular weight excluding hydrogens is 409 g/mol. The Morgan fingerprint density at radius 2 is 1.77 bits per heavy atom. The number of rotatable bonds is 5. The fourth-order valence-corrected chi connectivity index (χ4v) is 3.71. The molecule has 0 radical (unpaired) electrons. The lowest BCUT2D eigenvalue weighted by Crippen LogP contribution is -2.11. The Morgan fingerprint density at radius 1 is 1.06 bits per heavy atom. The van der Waals surface area contributed by atoms with E-state index in [-0.39, 0.29) is 12.5 Å². The van der Waals surface area contributed by atoms with E-state index in [9.17, 15) is 18.0 Å². The van der Waals surface area contributed by atoms with Crippen LogP contribution in [0.3, 0.4) is 0 Å². The second-order valence-electron chi connectivity index (χ2n) is 7.86. The number of methoxy groups -OCH3 is 1. The minimum absolute atomic E-state index is 0.130. The number of carbonyl (C=O) groups excluding carboxylic acids is 1. The van der Waals surface area contributed by atoms with Gasteiger partial charge in [0.05, 0.1) is 48.2 Å². The van der Waals surface area contributed by atoms with E-state index < -0.39 is 17.7 Å². The van der Waals surface area contributed by atoms with E-state index in [4.69, 9.17) is 4.74 Å². The van der Waals surface area contributed by atoms with Crippen LogP contribution in [0.1, 0.15) is 35.3 Å². The summed E-state index contributed by atoms with van der Waals surface area (Å²) in [6.07, 6.45) is -1.41. The lowest BCUT2D eigenvalue weighted by Gasteiger charge is -2.14. The molecule has 0 saturated heterocycles. The Hall–Kier alpha value is -3.36. The summed E-state index contributed by atoms with van der Waals surface area (Å²) >= 11 is 0. The van der Waals surface area contributed by atoms with E-state index in [1.807, 2.05) is 13.8 Å². The van der Waals surface area contributed by atoms with Gasteiger partial charge in [-0.1, -0.05) is 13.8 Å². The van der Waals surface area contributed by atoms with Crippen LogP contribution in [0.5, 0.6) is 0 Å². The summed E-state index contributed by atoms with van der Waals surface area (Å²) < 4.78 is 48.6. The van der Waals surface area contributed by atoms with Crippen molar-refractivity contribution in [1.82, 2.24) is 19.6 Å². The van der Waals surface area contributed by atoms with E-state index in [2.05, 4.69) is 10.2 Å². The zero-order chi connectivity index (χ0) is 22.3. The molecule has 0 spiro atoms. The highest BCUT2D eigenvalue weighted by molar-refractivity contribution is 5.94. The van der Waals surface area contributed by atoms with Crippen molar-refractivity contribution < 1.29 is 22.7 Å². The highest BCUT2D eigenvalue weighted by Crippen LogP contribution is 2.34. The maximum Gasteiger partial charge on any atom is 0.416 e. The Labute approximate surface area is 176 Å². The van der Waals surface area contributed by atoms with Gasteiger partial charge in [-0.05, 0) is 36.2 Å². The van der Waals surface area contributed by atoms with Crippen LogP contribution in [-0.4, -0.2) is 32.6 Å². The summed E-state index contributed by atoms with van der Waals surface area (Å²) in [7, 11) is 1.30. The largest absolute Gasteiger partial charge is 0.465 e. The van der Waals surface area contributed by atoms with E-state index >= 15 is 0 Å². The van der Waals surface area contributed by atoms with Crippen molar-refractivity contribution in [3.05, 3.63) is 59.4 Å². The lowest BCUT2D eigenvalue weighted by molar-refractivity contribution is -0.137. The highest BCUT2D eigenvalue weighted by Gasteiger charge is 2.32. The molecule has 6 nitrogen and oxygen atoms in total. The summed E-state index contributed by atoms with van der Waals surface area (Å²) in [5.74, 6) is -0.188. The summed E-state index contributed by atoms with van der Waals surface area (Å²) in [6.45, 7) is 4.77. The van der Waals surface area contributed by atoms with Gasteiger partial charge in [0.25, 0.3) is 0 Å². The zero-order valence-electron chi connectivity index (χ0n) is 17.3. The van der Waals surface area contributed by atoms with Crippen molar-refractivity contribution in [3.8, 4) is 0 Å². The first kappa shape index (κ1) is 20.9. The van der Waals surface area contributed by atoms with Crippen molar-refractivity contribution in [1.29, 1.82) is 0 Å². The van der Waals surface area contributed by atoms with E-state index in [1.165, 1.54) is 13.3 Å². The molecule has 2 heterocycles. The molecule has 162 valence electrons. The molecule has 4 rings (SSSR count). The highest BCUT2D eigenvalue weighted by atomic mass is 19.4. The topological polar surface area (TPSA) is 61.9 Å². The second kappa shape index (κ2) is 7.72. The Balaban J connectivity index is 1.83. The van der Waals surface area contributed by atoms with Crippen molar-refractivity contribution >= 4 is 27.8 Å². The maximum atomic E-state index is 13.5. The fourth-order valence-electron chi connectivity index (χ4n) is 3.71. The van der Waals surface area contributed by atoms with Crippen molar-refractivity contribution in [2.45, 2.75) is 33.1 Å². The minimum atomic E-state index is -4.47. The van der Waals surface area contributed by atoms with Gasteiger partial charge in [0.2, 0.25) is 0 Å². The maximum absolute atomic E-state index is 13.5. The predicted octanol–water partition coefficient (Wildman–Crippen LogP) is 4.90. The molecule has 0 fully saturated rings. The van der Waals surface area contributed by atoms with Crippen LogP contribution >= 0.6 is 0 Å². The van der Waals surface area contributed by atoms with Crippen molar-refractivity contribution in [3.63, 3.8) is 0 Å². The molecule has 2 aromatic carbocycles. The molecule has 31 heavy (non-hydrogen) atoms. The molecular formula is C22H21F3N4O2. The quantitative estimate of drug-likeness (QED) is 0.423. The molecule has 0 unspecified atom stereocenters. The van der Waals surface area contributed by atoms with Crippen LogP contribution in [0.15, 0.2) is 42.7 Å². The van der Waals surface area contributed by atoms with Crippen molar-refractivity contribution in [2.24, 2.45) is 5.92 Å². The molecule has 0 amide bonds. The van der Waals surface area contributed by atoms with Gasteiger partial charge in [0.15, 0.2) is 0 Å². The molecule has 0 N–H and O–H groups in total. The average molecular weight is 430 g/mol. The number of fused-ring (bicyclic) bond motifs is 2. The summed E-state index contributed by atoms with van der Waals surface area (Å²) in [5.41, 5.74) is 1.50. The number of esters is 1. The lowest BCUT2D eigenvalue weighted by atomic mass is 10.1. The van der Waals surface area contributed by atoms with E-state index in [1.54, 1.807) is 33.8 Å². The minimum Gasteiger partial charge on any atom is -0.465 e. The summed E-state index contributed by atoms with van der Waals surface area (Å²) in [4.78, 5) is 11.8. The number of alkyl halides is 3. The number of aromatic nitrogens is 4. The normalized spacial score (nSPS) is 12.2. The van der Waals surface area contributed by atoms with Gasteiger partial charge in [-0.2, -0.15) is 23.4 Å². The molecule has 0 saturated carbocycles. The van der Waals surface area contributed by atoms with Crippen LogP contribution in [-0.2, 0) is 24.0 Å². The van der Waals surface area contributed by atoms with Crippen LogP contribution < -0.4 is 0 Å². The number of halogens is 3. The van der Waals surface area contributed by atoms with Gasteiger partial charge in [0.1, 0.15) is 0 Å². The van der Waals surface area contributed by atoms with Crippen molar-refractivity contribution in [2.75, 3.05) is 7.11 Å². The van der Waals surface area contributed by atoms with Gasteiger partial charge in [-0.25, -0.2) is 4.79 Å². The second-order valence-corrected chi connectivity index (χ2v) is 7.86. The SMILES string of the molecule is COC(=O)c1ccc2c(cnn2Cc2cc(C(F)(F)F)cc3cnn(CC(C)C)c23)c1. The van der Waals surface area contributed by atoms with Gasteiger partial charge in [0, 0.05) is 22.9 Å². The van der Waals surface area contributed by atoms with E-state index in [0.717, 1.165) is 12.1 Å². The number of hydrogen-bond donors (Lipinski definition) is 0. The zero-order valence-corrected chi connectivity index (χ0v) is 17.3. The molecule has 0 atom stereocenters. The Kier molecular flexibility index (Phi) is 5.20. The standard InChI is InChI=1S/C22H21F3N4O2/c1-13(2)11-29-20-16(10-27-29)7-18(22(23,24)25)8-17(20)12-28-19-5-4-14(21(30)31-3)6-15(19)9-26-28/h4-10,13H,11-12H2,1-3H3. The number of hydrogen-bond acceptors (Lipinski definition) is 4. The third-order valence-corrected chi connectivity index (χ3v) is 5.06. The predicted molar refractivity (Wildman–Crippen MR) is 110 cm³/mol. The number of ether oxygens (including phenoxy) is 1. The van der Waals surface area contributed by atoms with Crippen LogP contribution in [0.25, 0.3) is 21.8 Å². The van der Waals surface area contributed by atoms with Crippen LogP contribution in [0.2, 0.25) is 0 Å². The third kappa shape index (κ3) is 3.99. The number of nitrogens with zero attached hydrogens (tertiary/aromatic N) is 4. The third-order valence-electron chi connectivity index (χ3n) is 5.06. The smallest absolute Gasteiger partial charge is 0.416 e. The van der Waals surface area contributed by atoms with Gasteiger partial charge in [-0.15, -0.1) is 0 Å². The van der Waals surface area contributed by atoms with Gasteiger partial charge < -0.3 is 4.74 Å². The fraction of sp³-hybridized carbons (Fsp3) is 0.318. The Bertz CT molecular complexity index is 1270. The molecule has 9 heteroatoms. The van der Waals surface area contributed by atoms with Crippen LogP contribution in [0.4, 0.5) is 13.2 Å². The number of benzene rings is 2. The van der Waals surface area contributed by atoms with Gasteiger partial charge >= 0.3 is 12.1 Å². The Morgan fingerprint density at radius 3 is 2.45 bits per heavy atom.